The number of benzene rings is 1. The minimum atomic E-state index is 0.503. The van der Waals surface area contributed by atoms with Gasteiger partial charge in [-0.15, -0.1) is 5.10 Å². The summed E-state index contributed by atoms with van der Waals surface area (Å²) < 4.78 is 0. The molecule has 1 aromatic carbocycles. The van der Waals surface area contributed by atoms with Crippen molar-refractivity contribution in [2.24, 2.45) is 5.92 Å². The van der Waals surface area contributed by atoms with Crippen LogP contribution in [0, 0.1) is 12.8 Å². The number of aromatic nitrogens is 3. The molecule has 2 rings (SSSR count). The van der Waals surface area contributed by atoms with Crippen LogP contribution in [0.4, 0.5) is 17.5 Å². The van der Waals surface area contributed by atoms with Gasteiger partial charge < -0.3 is 10.6 Å². The second-order valence-electron chi connectivity index (χ2n) is 4.88. The summed E-state index contributed by atoms with van der Waals surface area (Å²) in [7, 11) is 0. The van der Waals surface area contributed by atoms with Crippen LogP contribution in [0.1, 0.15) is 19.4 Å². The molecule has 0 atom stereocenters. The SMILES string of the molecule is Cc1ccccc1Nc1nncc(NCC(C)C)n1. The first-order valence-corrected chi connectivity index (χ1v) is 6.41. The first-order chi connectivity index (χ1) is 9.15. The molecule has 1 heterocycles. The molecule has 0 amide bonds. The lowest BCUT2D eigenvalue weighted by molar-refractivity contribution is 0.686. The van der Waals surface area contributed by atoms with Crippen molar-refractivity contribution in [3.63, 3.8) is 0 Å². The van der Waals surface area contributed by atoms with Crippen molar-refractivity contribution in [2.45, 2.75) is 20.8 Å². The molecule has 0 saturated heterocycles. The van der Waals surface area contributed by atoms with E-state index in [1.54, 1.807) is 6.20 Å². The van der Waals surface area contributed by atoms with Crippen molar-refractivity contribution >= 4 is 17.5 Å². The molecule has 0 aliphatic heterocycles. The van der Waals surface area contributed by atoms with Gasteiger partial charge in [0.05, 0.1) is 6.20 Å². The monoisotopic (exact) mass is 257 g/mol. The highest BCUT2D eigenvalue weighted by atomic mass is 15.3. The highest BCUT2D eigenvalue weighted by molar-refractivity contribution is 5.58. The summed E-state index contributed by atoms with van der Waals surface area (Å²) in [6, 6.07) is 8.01. The molecule has 5 heteroatoms. The van der Waals surface area contributed by atoms with Gasteiger partial charge in [0.25, 0.3) is 0 Å². The van der Waals surface area contributed by atoms with Crippen LogP contribution in [0.15, 0.2) is 30.5 Å². The molecule has 0 spiro atoms. The number of hydrogen-bond acceptors (Lipinski definition) is 5. The lowest BCUT2D eigenvalue weighted by atomic mass is 10.2. The molecule has 0 unspecified atom stereocenters. The van der Waals surface area contributed by atoms with Gasteiger partial charge in [-0.3, -0.25) is 0 Å². The maximum absolute atomic E-state index is 4.39. The van der Waals surface area contributed by atoms with Gasteiger partial charge in [0.15, 0.2) is 5.82 Å². The first-order valence-electron chi connectivity index (χ1n) is 6.41. The van der Waals surface area contributed by atoms with Crippen LogP contribution in [0.3, 0.4) is 0 Å². The van der Waals surface area contributed by atoms with Crippen LogP contribution in [0.25, 0.3) is 0 Å². The smallest absolute Gasteiger partial charge is 0.249 e. The van der Waals surface area contributed by atoms with Gasteiger partial charge >= 0.3 is 0 Å². The number of nitrogens with zero attached hydrogens (tertiary/aromatic N) is 3. The van der Waals surface area contributed by atoms with Crippen molar-refractivity contribution in [1.82, 2.24) is 15.2 Å². The van der Waals surface area contributed by atoms with Crippen molar-refractivity contribution < 1.29 is 0 Å². The van der Waals surface area contributed by atoms with Crippen LogP contribution < -0.4 is 10.6 Å². The highest BCUT2D eigenvalue weighted by Gasteiger charge is 2.03. The maximum Gasteiger partial charge on any atom is 0.249 e. The number of anilines is 3. The number of para-hydroxylation sites is 1. The number of nitrogens with one attached hydrogen (secondary N) is 2. The minimum absolute atomic E-state index is 0.503. The summed E-state index contributed by atoms with van der Waals surface area (Å²) in [4.78, 5) is 4.39. The van der Waals surface area contributed by atoms with E-state index in [1.807, 2.05) is 31.2 Å². The van der Waals surface area contributed by atoms with Gasteiger partial charge in [-0.1, -0.05) is 32.0 Å². The van der Waals surface area contributed by atoms with Crippen molar-refractivity contribution in [3.8, 4) is 0 Å². The van der Waals surface area contributed by atoms with Gasteiger partial charge in [0.1, 0.15) is 0 Å². The van der Waals surface area contributed by atoms with Gasteiger partial charge in [0, 0.05) is 12.2 Å². The quantitative estimate of drug-likeness (QED) is 0.862. The zero-order valence-electron chi connectivity index (χ0n) is 11.5. The molecule has 2 N–H and O–H groups in total. The van der Waals surface area contributed by atoms with E-state index in [1.165, 1.54) is 0 Å². The van der Waals surface area contributed by atoms with E-state index in [9.17, 15) is 0 Å². The second kappa shape index (κ2) is 6.13. The van der Waals surface area contributed by atoms with Crippen molar-refractivity contribution in [3.05, 3.63) is 36.0 Å². The van der Waals surface area contributed by atoms with Gasteiger partial charge in [-0.05, 0) is 24.5 Å². The van der Waals surface area contributed by atoms with Crippen molar-refractivity contribution in [1.29, 1.82) is 0 Å². The lowest BCUT2D eigenvalue weighted by Gasteiger charge is -2.10. The van der Waals surface area contributed by atoms with Crippen LogP contribution >= 0.6 is 0 Å². The van der Waals surface area contributed by atoms with Crippen LogP contribution in [-0.2, 0) is 0 Å². The Labute approximate surface area is 113 Å². The topological polar surface area (TPSA) is 62.7 Å². The number of aryl methyl sites for hydroxylation is 1. The van der Waals surface area contributed by atoms with E-state index in [-0.39, 0.29) is 0 Å². The molecule has 5 nitrogen and oxygen atoms in total. The second-order valence-corrected chi connectivity index (χ2v) is 4.88. The fourth-order valence-electron chi connectivity index (χ4n) is 1.58. The van der Waals surface area contributed by atoms with Crippen molar-refractivity contribution in [2.75, 3.05) is 17.2 Å². The van der Waals surface area contributed by atoms with E-state index >= 15 is 0 Å². The highest BCUT2D eigenvalue weighted by Crippen LogP contribution is 2.17. The molecule has 19 heavy (non-hydrogen) atoms. The fraction of sp³-hybridized carbons (Fsp3) is 0.357. The van der Waals surface area contributed by atoms with Crippen LogP contribution in [-0.4, -0.2) is 21.7 Å². The molecule has 0 radical (unpaired) electrons. The lowest BCUT2D eigenvalue weighted by Crippen LogP contribution is -2.11. The van der Waals surface area contributed by atoms with E-state index in [0.29, 0.717) is 11.9 Å². The molecule has 0 fully saturated rings. The standard InChI is InChI=1S/C14H19N5/c1-10(2)8-15-13-9-16-19-14(18-13)17-12-7-5-4-6-11(12)3/h4-7,9-10H,8H2,1-3H3,(H2,15,17,18,19). The number of hydrogen-bond donors (Lipinski definition) is 2. The van der Waals surface area contributed by atoms with E-state index in [2.05, 4.69) is 39.7 Å². The molecule has 0 bridgehead atoms. The third kappa shape index (κ3) is 3.91. The average Bonchev–Trinajstić information content (AvgIpc) is 2.40. The third-order valence-electron chi connectivity index (χ3n) is 2.64. The Morgan fingerprint density at radius 1 is 1.21 bits per heavy atom. The van der Waals surface area contributed by atoms with E-state index in [4.69, 9.17) is 0 Å². The molecule has 0 aliphatic rings. The zero-order valence-corrected chi connectivity index (χ0v) is 11.5. The summed E-state index contributed by atoms with van der Waals surface area (Å²) in [5.74, 6) is 1.80. The molecular weight excluding hydrogens is 238 g/mol. The summed E-state index contributed by atoms with van der Waals surface area (Å²) in [6.07, 6.45) is 1.63. The van der Waals surface area contributed by atoms with E-state index < -0.39 is 0 Å². The zero-order chi connectivity index (χ0) is 13.7. The molecular formula is C14H19N5. The third-order valence-corrected chi connectivity index (χ3v) is 2.64. The predicted octanol–water partition coefficient (Wildman–Crippen LogP) is 2.99. The number of rotatable bonds is 5. The molecule has 2 aromatic rings. The summed E-state index contributed by atoms with van der Waals surface area (Å²) in [5, 5.41) is 14.3. The van der Waals surface area contributed by atoms with E-state index in [0.717, 1.165) is 23.6 Å². The summed E-state index contributed by atoms with van der Waals surface area (Å²) >= 11 is 0. The molecule has 1 aromatic heterocycles. The molecule has 0 saturated carbocycles. The Morgan fingerprint density at radius 3 is 2.74 bits per heavy atom. The maximum atomic E-state index is 4.39. The summed E-state index contributed by atoms with van der Waals surface area (Å²) in [6.45, 7) is 7.20. The van der Waals surface area contributed by atoms with Crippen LogP contribution in [0.5, 0.6) is 0 Å². The fourth-order valence-corrected chi connectivity index (χ4v) is 1.58. The summed E-state index contributed by atoms with van der Waals surface area (Å²) in [5.41, 5.74) is 2.14. The van der Waals surface area contributed by atoms with Gasteiger partial charge in [0.2, 0.25) is 5.95 Å². The molecule has 100 valence electrons. The normalized spacial score (nSPS) is 10.5. The Balaban J connectivity index is 2.09. The molecule has 0 aliphatic carbocycles. The predicted molar refractivity (Wildman–Crippen MR) is 77.6 cm³/mol. The first kappa shape index (κ1) is 13.3. The Kier molecular flexibility index (Phi) is 4.28. The van der Waals surface area contributed by atoms with Gasteiger partial charge in [-0.25, -0.2) is 0 Å². The largest absolute Gasteiger partial charge is 0.368 e. The van der Waals surface area contributed by atoms with Crippen LogP contribution in [0.2, 0.25) is 0 Å². The van der Waals surface area contributed by atoms with Gasteiger partial charge in [-0.2, -0.15) is 10.1 Å². The average molecular weight is 257 g/mol. The Morgan fingerprint density at radius 2 is 2.00 bits per heavy atom. The Hall–Kier alpha value is -2.17. The Bertz CT molecular complexity index is 539. The minimum Gasteiger partial charge on any atom is -0.368 e.